The summed E-state index contributed by atoms with van der Waals surface area (Å²) < 4.78 is 17.6. The Bertz CT molecular complexity index is 502. The molecule has 2 N–H and O–H groups in total. The van der Waals surface area contributed by atoms with Crippen LogP contribution in [0.25, 0.3) is 0 Å². The van der Waals surface area contributed by atoms with E-state index in [0.717, 1.165) is 0 Å². The molecule has 1 rings (SSSR count). The van der Waals surface area contributed by atoms with Crippen molar-refractivity contribution in [1.82, 2.24) is 10.6 Å². The van der Waals surface area contributed by atoms with Crippen LogP contribution < -0.4 is 10.6 Å². The molecule has 1 aromatic carbocycles. The van der Waals surface area contributed by atoms with Crippen molar-refractivity contribution in [1.29, 1.82) is 0 Å². The van der Waals surface area contributed by atoms with Crippen molar-refractivity contribution >= 4 is 17.9 Å². The predicted molar refractivity (Wildman–Crippen MR) is 68.3 cm³/mol. The number of hydrogen-bond acceptors (Lipinski definition) is 4. The number of hydrogen-bond donors (Lipinski definition) is 2. The molecule has 0 radical (unpaired) electrons. The highest BCUT2D eigenvalue weighted by atomic mass is 19.1. The topological polar surface area (TPSA) is 84.5 Å². The van der Waals surface area contributed by atoms with Crippen LogP contribution in [0, 0.1) is 5.82 Å². The van der Waals surface area contributed by atoms with Gasteiger partial charge < -0.3 is 10.1 Å². The van der Waals surface area contributed by atoms with E-state index in [1.807, 2.05) is 5.32 Å². The van der Waals surface area contributed by atoms with Crippen LogP contribution in [0.4, 0.5) is 9.18 Å². The van der Waals surface area contributed by atoms with Crippen molar-refractivity contribution in [3.05, 3.63) is 35.6 Å². The molecule has 3 amide bonds. The molecule has 20 heavy (non-hydrogen) atoms. The first-order valence-corrected chi connectivity index (χ1v) is 5.89. The monoisotopic (exact) mass is 282 g/mol. The highest BCUT2D eigenvalue weighted by Crippen LogP contribution is 2.05. The number of carbonyl (C=O) groups is 3. The van der Waals surface area contributed by atoms with Crippen LogP contribution in [0.1, 0.15) is 12.5 Å². The summed E-state index contributed by atoms with van der Waals surface area (Å²) in [5.74, 6) is -1.77. The SMILES string of the molecule is CNC(=O)NC(=O)[C@H](C)OC(=O)Cc1ccc(F)cc1. The average molecular weight is 282 g/mol. The van der Waals surface area contributed by atoms with Crippen molar-refractivity contribution in [2.75, 3.05) is 7.05 Å². The zero-order valence-electron chi connectivity index (χ0n) is 11.1. The molecule has 0 aliphatic heterocycles. The van der Waals surface area contributed by atoms with Crippen LogP contribution in [0.3, 0.4) is 0 Å². The van der Waals surface area contributed by atoms with Crippen LogP contribution in [0.2, 0.25) is 0 Å². The molecule has 7 heteroatoms. The number of rotatable bonds is 4. The van der Waals surface area contributed by atoms with Crippen molar-refractivity contribution in [2.24, 2.45) is 0 Å². The Balaban J connectivity index is 2.47. The molecule has 0 unspecified atom stereocenters. The third-order valence-corrected chi connectivity index (χ3v) is 2.40. The van der Waals surface area contributed by atoms with Gasteiger partial charge in [-0.05, 0) is 24.6 Å². The number of benzene rings is 1. The molecule has 0 bridgehead atoms. The van der Waals surface area contributed by atoms with Gasteiger partial charge in [0.05, 0.1) is 6.42 Å². The summed E-state index contributed by atoms with van der Waals surface area (Å²) in [6, 6.07) is 4.67. The normalized spacial score (nSPS) is 11.3. The summed E-state index contributed by atoms with van der Waals surface area (Å²) in [6.45, 7) is 1.35. The van der Waals surface area contributed by atoms with E-state index < -0.39 is 29.8 Å². The van der Waals surface area contributed by atoms with E-state index >= 15 is 0 Å². The fraction of sp³-hybridized carbons (Fsp3) is 0.308. The second-order valence-corrected chi connectivity index (χ2v) is 4.00. The number of ether oxygens (including phenoxy) is 1. The second kappa shape index (κ2) is 7.22. The maximum atomic E-state index is 12.7. The van der Waals surface area contributed by atoms with E-state index in [4.69, 9.17) is 4.74 Å². The van der Waals surface area contributed by atoms with Gasteiger partial charge in [-0.3, -0.25) is 14.9 Å². The van der Waals surface area contributed by atoms with Gasteiger partial charge in [-0.25, -0.2) is 9.18 Å². The predicted octanol–water partition coefficient (Wildman–Crippen LogP) is 0.755. The van der Waals surface area contributed by atoms with Crippen LogP contribution >= 0.6 is 0 Å². The van der Waals surface area contributed by atoms with Crippen molar-refractivity contribution < 1.29 is 23.5 Å². The largest absolute Gasteiger partial charge is 0.452 e. The van der Waals surface area contributed by atoms with Crippen LogP contribution in [-0.2, 0) is 20.7 Å². The smallest absolute Gasteiger partial charge is 0.321 e. The molecule has 1 atom stereocenters. The number of halogens is 1. The molecule has 0 heterocycles. The number of carbonyl (C=O) groups excluding carboxylic acids is 3. The minimum absolute atomic E-state index is 0.0854. The number of nitrogens with one attached hydrogen (secondary N) is 2. The lowest BCUT2D eigenvalue weighted by Crippen LogP contribution is -2.43. The summed E-state index contributed by atoms with van der Waals surface area (Å²) in [7, 11) is 1.35. The molecule has 1 aromatic rings. The minimum atomic E-state index is -1.10. The molecule has 0 spiro atoms. The first-order chi connectivity index (χ1) is 9.42. The van der Waals surface area contributed by atoms with Gasteiger partial charge in [0.25, 0.3) is 5.91 Å². The standard InChI is InChI=1S/C13H15FN2O4/c1-8(12(18)16-13(19)15-2)20-11(17)7-9-3-5-10(14)6-4-9/h3-6,8H,7H2,1-2H3,(H2,15,16,18,19)/t8-/m0/s1. The van der Waals surface area contributed by atoms with E-state index in [1.54, 1.807) is 0 Å². The van der Waals surface area contributed by atoms with Gasteiger partial charge >= 0.3 is 12.0 Å². The fourth-order valence-corrected chi connectivity index (χ4v) is 1.34. The third kappa shape index (κ3) is 5.05. The Morgan fingerprint density at radius 1 is 1.25 bits per heavy atom. The van der Waals surface area contributed by atoms with E-state index in [1.165, 1.54) is 38.2 Å². The van der Waals surface area contributed by atoms with E-state index in [9.17, 15) is 18.8 Å². The van der Waals surface area contributed by atoms with Gasteiger partial charge in [-0.1, -0.05) is 12.1 Å². The molecule has 0 saturated heterocycles. The second-order valence-electron chi connectivity index (χ2n) is 4.00. The Morgan fingerprint density at radius 3 is 2.40 bits per heavy atom. The Morgan fingerprint density at radius 2 is 1.85 bits per heavy atom. The Kier molecular flexibility index (Phi) is 5.64. The maximum Gasteiger partial charge on any atom is 0.321 e. The lowest BCUT2D eigenvalue weighted by molar-refractivity contribution is -0.153. The number of esters is 1. The molecular weight excluding hydrogens is 267 g/mol. The third-order valence-electron chi connectivity index (χ3n) is 2.40. The molecule has 6 nitrogen and oxygen atoms in total. The molecule has 0 aliphatic carbocycles. The number of urea groups is 1. The van der Waals surface area contributed by atoms with Gasteiger partial charge in [0, 0.05) is 7.05 Å². The van der Waals surface area contributed by atoms with Gasteiger partial charge in [-0.2, -0.15) is 0 Å². The van der Waals surface area contributed by atoms with Gasteiger partial charge in [0.2, 0.25) is 0 Å². The Hall–Kier alpha value is -2.44. The van der Waals surface area contributed by atoms with Crippen LogP contribution in [-0.4, -0.2) is 31.1 Å². The summed E-state index contributed by atoms with van der Waals surface area (Å²) >= 11 is 0. The highest BCUT2D eigenvalue weighted by molar-refractivity contribution is 5.97. The van der Waals surface area contributed by atoms with Crippen molar-refractivity contribution in [2.45, 2.75) is 19.4 Å². The van der Waals surface area contributed by atoms with Crippen molar-refractivity contribution in [3.63, 3.8) is 0 Å². The van der Waals surface area contributed by atoms with E-state index in [0.29, 0.717) is 5.56 Å². The molecule has 0 aromatic heterocycles. The van der Waals surface area contributed by atoms with Crippen molar-refractivity contribution in [3.8, 4) is 0 Å². The fourth-order valence-electron chi connectivity index (χ4n) is 1.34. The summed E-state index contributed by atoms with van der Waals surface area (Å²) in [5, 5.41) is 4.19. The first kappa shape index (κ1) is 15.6. The number of amides is 3. The lowest BCUT2D eigenvalue weighted by Gasteiger charge is -2.12. The molecule has 0 fully saturated rings. The summed E-state index contributed by atoms with van der Waals surface area (Å²) in [6.07, 6.45) is -1.18. The maximum absolute atomic E-state index is 12.7. The summed E-state index contributed by atoms with van der Waals surface area (Å²) in [5.41, 5.74) is 0.565. The lowest BCUT2D eigenvalue weighted by atomic mass is 10.1. The number of imide groups is 1. The van der Waals surface area contributed by atoms with Gasteiger partial charge in [0.1, 0.15) is 5.82 Å². The summed E-state index contributed by atoms with van der Waals surface area (Å²) in [4.78, 5) is 33.9. The zero-order valence-corrected chi connectivity index (χ0v) is 11.1. The first-order valence-electron chi connectivity index (χ1n) is 5.89. The zero-order chi connectivity index (χ0) is 15.1. The van der Waals surface area contributed by atoms with Crippen LogP contribution in [0.5, 0.6) is 0 Å². The highest BCUT2D eigenvalue weighted by Gasteiger charge is 2.19. The quantitative estimate of drug-likeness (QED) is 0.798. The van der Waals surface area contributed by atoms with Gasteiger partial charge in [-0.15, -0.1) is 0 Å². The molecule has 0 saturated carbocycles. The minimum Gasteiger partial charge on any atom is -0.452 e. The van der Waals surface area contributed by atoms with Gasteiger partial charge in [0.15, 0.2) is 6.10 Å². The van der Waals surface area contributed by atoms with E-state index in [2.05, 4.69) is 5.32 Å². The molecular formula is C13H15FN2O4. The molecule has 108 valence electrons. The van der Waals surface area contributed by atoms with E-state index in [-0.39, 0.29) is 6.42 Å². The average Bonchev–Trinajstić information content (AvgIpc) is 2.41. The molecule has 0 aliphatic rings. The van der Waals surface area contributed by atoms with Crippen LogP contribution in [0.15, 0.2) is 24.3 Å². The Labute approximate surface area is 115 Å².